The number of nitrogens with zero attached hydrogens (tertiary/aromatic N) is 2. The van der Waals surface area contributed by atoms with Gasteiger partial charge in [-0.3, -0.25) is 9.59 Å². The second kappa shape index (κ2) is 8.65. The van der Waals surface area contributed by atoms with E-state index in [4.69, 9.17) is 0 Å². The van der Waals surface area contributed by atoms with E-state index in [2.05, 4.69) is 66.5 Å². The number of carbonyl (C=O) groups excluding carboxylic acids is 2. The summed E-state index contributed by atoms with van der Waals surface area (Å²) in [6.45, 7) is 4.77. The van der Waals surface area contributed by atoms with E-state index in [1.54, 1.807) is 6.07 Å². The molecule has 0 bridgehead atoms. The zero-order valence-corrected chi connectivity index (χ0v) is 22.8. The number of carbonyl (C=O) groups is 2. The van der Waals surface area contributed by atoms with Gasteiger partial charge in [0.05, 0.1) is 16.8 Å². The van der Waals surface area contributed by atoms with Gasteiger partial charge >= 0.3 is 0 Å². The lowest BCUT2D eigenvalue weighted by atomic mass is 10.1. The molecular weight excluding hydrogens is 496 g/mol. The Morgan fingerprint density at radius 2 is 1.00 bits per heavy atom. The van der Waals surface area contributed by atoms with Gasteiger partial charge in [-0.15, -0.1) is 0 Å². The first kappa shape index (κ1) is 23.4. The Labute approximate surface area is 228 Å². The van der Waals surface area contributed by atoms with E-state index in [0.29, 0.717) is 16.8 Å². The minimum atomic E-state index is -1.91. The average Bonchev–Trinajstić information content (AvgIpc) is 3.23. The van der Waals surface area contributed by atoms with E-state index in [1.165, 1.54) is 15.3 Å². The first-order valence-electron chi connectivity index (χ1n) is 13.1. The summed E-state index contributed by atoms with van der Waals surface area (Å²) in [7, 11) is -1.91. The molecule has 7 rings (SSSR count). The van der Waals surface area contributed by atoms with E-state index < -0.39 is 8.07 Å². The van der Waals surface area contributed by atoms with E-state index in [0.717, 1.165) is 28.2 Å². The molecule has 39 heavy (non-hydrogen) atoms. The second-order valence-electron chi connectivity index (χ2n) is 10.6. The molecule has 0 saturated carbocycles. The van der Waals surface area contributed by atoms with Crippen LogP contribution in [0.4, 0.5) is 22.7 Å². The average molecular weight is 523 g/mol. The fourth-order valence-corrected chi connectivity index (χ4v) is 8.97. The van der Waals surface area contributed by atoms with Crippen LogP contribution in [0.2, 0.25) is 13.1 Å². The molecule has 5 aromatic carbocycles. The summed E-state index contributed by atoms with van der Waals surface area (Å²) in [5, 5.41) is 2.71. The maximum Gasteiger partial charge on any atom is 0.266 e. The van der Waals surface area contributed by atoms with Crippen molar-refractivity contribution in [3.05, 3.63) is 132 Å². The lowest BCUT2D eigenvalue weighted by Crippen LogP contribution is -2.58. The van der Waals surface area contributed by atoms with E-state index in [-0.39, 0.29) is 11.8 Å². The number of imide groups is 1. The van der Waals surface area contributed by atoms with Gasteiger partial charge in [0.1, 0.15) is 8.07 Å². The summed E-state index contributed by atoms with van der Waals surface area (Å²) in [5.41, 5.74) is 6.71. The van der Waals surface area contributed by atoms with Crippen LogP contribution in [0.25, 0.3) is 11.1 Å². The van der Waals surface area contributed by atoms with E-state index in [9.17, 15) is 9.59 Å². The van der Waals surface area contributed by atoms with Crippen molar-refractivity contribution in [2.24, 2.45) is 0 Å². The zero-order valence-electron chi connectivity index (χ0n) is 21.8. The van der Waals surface area contributed by atoms with Gasteiger partial charge in [-0.2, -0.15) is 0 Å². The first-order valence-corrected chi connectivity index (χ1v) is 16.1. The van der Waals surface area contributed by atoms with E-state index in [1.807, 2.05) is 66.7 Å². The predicted octanol–water partition coefficient (Wildman–Crippen LogP) is 6.76. The van der Waals surface area contributed by atoms with Gasteiger partial charge in [-0.1, -0.05) is 92.0 Å². The number of para-hydroxylation sites is 2. The summed E-state index contributed by atoms with van der Waals surface area (Å²) < 4.78 is 0. The summed E-state index contributed by atoms with van der Waals surface area (Å²) in [5.74, 6) is -0.584. The Balaban J connectivity index is 1.29. The van der Waals surface area contributed by atoms with Crippen LogP contribution in [-0.2, 0) is 0 Å². The quantitative estimate of drug-likeness (QED) is 0.194. The molecule has 0 spiro atoms. The zero-order chi connectivity index (χ0) is 26.7. The maximum absolute atomic E-state index is 13.7. The van der Waals surface area contributed by atoms with Gasteiger partial charge in [0.2, 0.25) is 0 Å². The molecule has 0 aliphatic carbocycles. The SMILES string of the molecule is C[Si]1(C)c2ccccc2N(c2ccc3c(c2)C(=O)N(c2ccc(-c4ccccc4)cc2)C3=O)c2ccccc21. The molecule has 5 heteroatoms. The monoisotopic (exact) mass is 522 g/mol. The van der Waals surface area contributed by atoms with Gasteiger partial charge in [-0.05, 0) is 64.0 Å². The minimum Gasteiger partial charge on any atom is -0.311 e. The molecule has 2 aliphatic rings. The van der Waals surface area contributed by atoms with Gasteiger partial charge < -0.3 is 4.90 Å². The molecule has 0 fully saturated rings. The third kappa shape index (κ3) is 3.51. The highest BCUT2D eigenvalue weighted by Gasteiger charge is 2.40. The fraction of sp³-hybridized carbons (Fsp3) is 0.0588. The molecular formula is C34H26N2O2Si. The molecule has 188 valence electrons. The molecule has 0 unspecified atom stereocenters. The lowest BCUT2D eigenvalue weighted by molar-refractivity contribution is 0.0926. The number of hydrogen-bond acceptors (Lipinski definition) is 3. The van der Waals surface area contributed by atoms with Crippen LogP contribution >= 0.6 is 0 Å². The Bertz CT molecular complexity index is 1730. The number of fused-ring (bicyclic) bond motifs is 3. The van der Waals surface area contributed by atoms with Crippen LogP contribution in [0.5, 0.6) is 0 Å². The molecule has 5 aromatic rings. The number of anilines is 4. The van der Waals surface area contributed by atoms with E-state index >= 15 is 0 Å². The highest BCUT2D eigenvalue weighted by molar-refractivity contribution is 7.02. The van der Waals surface area contributed by atoms with Crippen molar-refractivity contribution >= 4 is 53.0 Å². The second-order valence-corrected chi connectivity index (χ2v) is 14.9. The van der Waals surface area contributed by atoms with Crippen molar-refractivity contribution in [2.45, 2.75) is 13.1 Å². The van der Waals surface area contributed by atoms with Gasteiger partial charge in [0.15, 0.2) is 0 Å². The van der Waals surface area contributed by atoms with Crippen molar-refractivity contribution in [1.82, 2.24) is 0 Å². The van der Waals surface area contributed by atoms with Gasteiger partial charge in [0, 0.05) is 17.1 Å². The smallest absolute Gasteiger partial charge is 0.266 e. The Hall–Kier alpha value is -4.74. The summed E-state index contributed by atoms with van der Waals surface area (Å²) in [6, 6.07) is 40.4. The Kier molecular flexibility index (Phi) is 5.18. The maximum atomic E-state index is 13.7. The van der Waals surface area contributed by atoms with Crippen molar-refractivity contribution in [1.29, 1.82) is 0 Å². The first-order chi connectivity index (χ1) is 18.9. The van der Waals surface area contributed by atoms with Crippen molar-refractivity contribution in [2.75, 3.05) is 9.80 Å². The standard InChI is InChI=1S/C34H26N2O2Si/c1-39(2)31-14-8-6-12-29(31)35(30-13-7-9-15-32(30)39)26-20-21-27-28(22-26)34(38)36(33(27)37)25-18-16-24(17-19-25)23-10-4-3-5-11-23/h3-22H,1-2H3. The molecule has 2 heterocycles. The van der Waals surface area contributed by atoms with Crippen LogP contribution in [0.15, 0.2) is 121 Å². The fourth-order valence-electron chi connectivity index (χ4n) is 5.98. The lowest BCUT2D eigenvalue weighted by Gasteiger charge is -2.41. The molecule has 2 amide bonds. The largest absolute Gasteiger partial charge is 0.311 e. The van der Waals surface area contributed by atoms with Gasteiger partial charge in [-0.25, -0.2) is 4.90 Å². The van der Waals surface area contributed by atoms with Crippen LogP contribution in [-0.4, -0.2) is 19.9 Å². The van der Waals surface area contributed by atoms with Crippen molar-refractivity contribution in [3.8, 4) is 11.1 Å². The molecule has 2 aliphatic heterocycles. The highest BCUT2D eigenvalue weighted by atomic mass is 28.3. The molecule has 0 aromatic heterocycles. The number of rotatable bonds is 3. The predicted molar refractivity (Wildman–Crippen MR) is 161 cm³/mol. The van der Waals surface area contributed by atoms with Crippen LogP contribution < -0.4 is 20.2 Å². The molecule has 0 saturated heterocycles. The Morgan fingerprint density at radius 3 is 1.64 bits per heavy atom. The number of benzene rings is 5. The molecule has 0 atom stereocenters. The number of hydrogen-bond donors (Lipinski definition) is 0. The molecule has 0 N–H and O–H groups in total. The van der Waals surface area contributed by atoms with Crippen LogP contribution in [0.1, 0.15) is 20.7 Å². The Morgan fingerprint density at radius 1 is 0.487 bits per heavy atom. The van der Waals surface area contributed by atoms with Crippen LogP contribution in [0.3, 0.4) is 0 Å². The summed E-state index contributed by atoms with van der Waals surface area (Å²) in [6.07, 6.45) is 0. The molecule has 4 nitrogen and oxygen atoms in total. The normalized spacial score (nSPS) is 15.1. The van der Waals surface area contributed by atoms with Crippen molar-refractivity contribution in [3.63, 3.8) is 0 Å². The van der Waals surface area contributed by atoms with Gasteiger partial charge in [0.25, 0.3) is 11.8 Å². The number of amides is 2. The minimum absolute atomic E-state index is 0.290. The summed E-state index contributed by atoms with van der Waals surface area (Å²) >= 11 is 0. The summed E-state index contributed by atoms with van der Waals surface area (Å²) in [4.78, 5) is 30.6. The highest BCUT2D eigenvalue weighted by Crippen LogP contribution is 2.40. The molecule has 0 radical (unpaired) electrons. The third-order valence-electron chi connectivity index (χ3n) is 8.00. The topological polar surface area (TPSA) is 40.6 Å². The van der Waals surface area contributed by atoms with Crippen molar-refractivity contribution < 1.29 is 9.59 Å². The third-order valence-corrected chi connectivity index (χ3v) is 11.5. The van der Waals surface area contributed by atoms with Crippen LogP contribution in [0, 0.1) is 0 Å².